The summed E-state index contributed by atoms with van der Waals surface area (Å²) in [6, 6.07) is 6.60. The maximum absolute atomic E-state index is 4.26. The zero-order valence-corrected chi connectivity index (χ0v) is 10.9. The summed E-state index contributed by atoms with van der Waals surface area (Å²) in [4.78, 5) is 0. The van der Waals surface area contributed by atoms with E-state index in [1.807, 2.05) is 28.8 Å². The molecule has 0 aliphatic heterocycles. The topological polar surface area (TPSA) is 42.2 Å². The van der Waals surface area contributed by atoms with E-state index in [-0.39, 0.29) is 6.04 Å². The Labute approximate surface area is 102 Å². The van der Waals surface area contributed by atoms with Gasteiger partial charge in [0.25, 0.3) is 0 Å². The van der Waals surface area contributed by atoms with Crippen molar-refractivity contribution >= 4 is 5.65 Å². The highest BCUT2D eigenvalue weighted by atomic mass is 15.3. The van der Waals surface area contributed by atoms with E-state index in [0.717, 1.165) is 11.5 Å². The Morgan fingerprint density at radius 1 is 1.12 bits per heavy atom. The summed E-state index contributed by atoms with van der Waals surface area (Å²) in [5.41, 5.74) is 0.897. The molecule has 0 aliphatic carbocycles. The lowest BCUT2D eigenvalue weighted by Crippen LogP contribution is -2.33. The highest BCUT2D eigenvalue weighted by Gasteiger charge is 2.16. The Morgan fingerprint density at radius 2 is 1.88 bits per heavy atom. The Bertz CT molecular complexity index is 489. The SMILES string of the molecule is CC(NC(C)C(C)C)c1nnc2ccccn12. The largest absolute Gasteiger partial charge is 0.305 e. The van der Waals surface area contributed by atoms with Crippen molar-refractivity contribution in [1.82, 2.24) is 19.9 Å². The van der Waals surface area contributed by atoms with E-state index in [0.29, 0.717) is 12.0 Å². The molecule has 2 aromatic heterocycles. The molecule has 0 bridgehead atoms. The molecular weight excluding hydrogens is 212 g/mol. The third-order valence-corrected chi connectivity index (χ3v) is 3.24. The molecule has 0 aliphatic rings. The normalized spacial score (nSPS) is 15.4. The maximum atomic E-state index is 4.26. The monoisotopic (exact) mass is 232 g/mol. The van der Waals surface area contributed by atoms with Gasteiger partial charge >= 0.3 is 0 Å². The van der Waals surface area contributed by atoms with Gasteiger partial charge in [-0.3, -0.25) is 4.40 Å². The van der Waals surface area contributed by atoms with E-state index in [4.69, 9.17) is 0 Å². The maximum Gasteiger partial charge on any atom is 0.160 e. The van der Waals surface area contributed by atoms with Crippen LogP contribution in [0.5, 0.6) is 0 Å². The molecule has 92 valence electrons. The van der Waals surface area contributed by atoms with Crippen LogP contribution in [0.25, 0.3) is 5.65 Å². The first kappa shape index (κ1) is 12.0. The molecule has 0 saturated carbocycles. The minimum atomic E-state index is 0.199. The smallest absolute Gasteiger partial charge is 0.160 e. The number of nitrogens with zero attached hydrogens (tertiary/aromatic N) is 3. The van der Waals surface area contributed by atoms with Gasteiger partial charge in [-0.1, -0.05) is 19.9 Å². The van der Waals surface area contributed by atoms with Crippen LogP contribution in [0, 0.1) is 5.92 Å². The Hall–Kier alpha value is -1.42. The predicted molar refractivity (Wildman–Crippen MR) is 68.8 cm³/mol. The minimum absolute atomic E-state index is 0.199. The van der Waals surface area contributed by atoms with Crippen molar-refractivity contribution < 1.29 is 0 Å². The molecule has 1 N–H and O–H groups in total. The quantitative estimate of drug-likeness (QED) is 0.880. The molecule has 0 fully saturated rings. The van der Waals surface area contributed by atoms with Crippen LogP contribution in [-0.4, -0.2) is 20.6 Å². The standard InChI is InChI=1S/C13H20N4/c1-9(2)10(3)14-11(4)13-16-15-12-7-5-6-8-17(12)13/h5-11,14H,1-4H3. The minimum Gasteiger partial charge on any atom is -0.305 e. The van der Waals surface area contributed by atoms with Crippen LogP contribution in [0.3, 0.4) is 0 Å². The van der Waals surface area contributed by atoms with Crippen LogP contribution in [0.15, 0.2) is 24.4 Å². The molecule has 0 radical (unpaired) electrons. The summed E-state index contributed by atoms with van der Waals surface area (Å²) < 4.78 is 2.03. The fourth-order valence-electron chi connectivity index (χ4n) is 1.82. The Kier molecular flexibility index (Phi) is 3.43. The molecule has 4 heteroatoms. The van der Waals surface area contributed by atoms with Crippen molar-refractivity contribution in [1.29, 1.82) is 0 Å². The second kappa shape index (κ2) is 4.84. The first-order chi connectivity index (χ1) is 8.09. The van der Waals surface area contributed by atoms with Crippen LogP contribution in [0.4, 0.5) is 0 Å². The van der Waals surface area contributed by atoms with E-state index in [1.165, 1.54) is 0 Å². The van der Waals surface area contributed by atoms with Gasteiger partial charge in [0.1, 0.15) is 0 Å². The summed E-state index contributed by atoms with van der Waals surface area (Å²) in [5, 5.41) is 12.0. The highest BCUT2D eigenvalue weighted by molar-refractivity contribution is 5.37. The van der Waals surface area contributed by atoms with E-state index in [2.05, 4.69) is 43.2 Å². The van der Waals surface area contributed by atoms with E-state index >= 15 is 0 Å². The van der Waals surface area contributed by atoms with Crippen molar-refractivity contribution in [3.63, 3.8) is 0 Å². The number of hydrogen-bond donors (Lipinski definition) is 1. The molecule has 0 spiro atoms. The molecule has 2 unspecified atom stereocenters. The molecule has 0 saturated heterocycles. The van der Waals surface area contributed by atoms with Crippen LogP contribution >= 0.6 is 0 Å². The fraction of sp³-hybridized carbons (Fsp3) is 0.538. The summed E-state index contributed by atoms with van der Waals surface area (Å²) in [6.07, 6.45) is 2.00. The van der Waals surface area contributed by atoms with Crippen molar-refractivity contribution in [2.75, 3.05) is 0 Å². The second-order valence-electron chi connectivity index (χ2n) is 4.91. The summed E-state index contributed by atoms with van der Waals surface area (Å²) in [6.45, 7) is 8.76. The van der Waals surface area contributed by atoms with E-state index in [1.54, 1.807) is 0 Å². The molecule has 4 nitrogen and oxygen atoms in total. The van der Waals surface area contributed by atoms with Crippen molar-refractivity contribution in [2.24, 2.45) is 5.92 Å². The molecule has 2 rings (SSSR count). The van der Waals surface area contributed by atoms with Gasteiger partial charge in [-0.05, 0) is 31.9 Å². The zero-order valence-electron chi connectivity index (χ0n) is 10.9. The first-order valence-corrected chi connectivity index (χ1v) is 6.15. The number of pyridine rings is 1. The highest BCUT2D eigenvalue weighted by Crippen LogP contribution is 2.14. The lowest BCUT2D eigenvalue weighted by molar-refractivity contribution is 0.380. The van der Waals surface area contributed by atoms with Gasteiger partial charge in [0.05, 0.1) is 6.04 Å². The fourth-order valence-corrected chi connectivity index (χ4v) is 1.82. The molecule has 2 aromatic rings. The van der Waals surface area contributed by atoms with Crippen molar-refractivity contribution in [2.45, 2.75) is 39.8 Å². The number of fused-ring (bicyclic) bond motifs is 1. The van der Waals surface area contributed by atoms with Gasteiger partial charge in [-0.2, -0.15) is 0 Å². The average molecular weight is 232 g/mol. The predicted octanol–water partition coefficient (Wildman–Crippen LogP) is 2.42. The summed E-state index contributed by atoms with van der Waals surface area (Å²) in [5.74, 6) is 1.57. The van der Waals surface area contributed by atoms with Gasteiger partial charge in [0.15, 0.2) is 11.5 Å². The van der Waals surface area contributed by atoms with Gasteiger partial charge in [-0.25, -0.2) is 0 Å². The van der Waals surface area contributed by atoms with Crippen LogP contribution in [0.2, 0.25) is 0 Å². The van der Waals surface area contributed by atoms with Crippen LogP contribution in [-0.2, 0) is 0 Å². The molecule has 2 heterocycles. The first-order valence-electron chi connectivity index (χ1n) is 6.15. The molecule has 0 amide bonds. The van der Waals surface area contributed by atoms with Gasteiger partial charge in [-0.15, -0.1) is 10.2 Å². The van der Waals surface area contributed by atoms with E-state index in [9.17, 15) is 0 Å². The van der Waals surface area contributed by atoms with E-state index < -0.39 is 0 Å². The van der Waals surface area contributed by atoms with Gasteiger partial charge in [0, 0.05) is 12.2 Å². The van der Waals surface area contributed by atoms with Crippen LogP contribution < -0.4 is 5.32 Å². The second-order valence-corrected chi connectivity index (χ2v) is 4.91. The van der Waals surface area contributed by atoms with Gasteiger partial charge < -0.3 is 5.32 Å². The third kappa shape index (κ3) is 2.47. The summed E-state index contributed by atoms with van der Waals surface area (Å²) >= 11 is 0. The molecule has 2 atom stereocenters. The van der Waals surface area contributed by atoms with Crippen molar-refractivity contribution in [3.05, 3.63) is 30.2 Å². The lowest BCUT2D eigenvalue weighted by atomic mass is 10.1. The van der Waals surface area contributed by atoms with Gasteiger partial charge in [0.2, 0.25) is 0 Å². The Morgan fingerprint density at radius 3 is 2.59 bits per heavy atom. The number of hydrogen-bond acceptors (Lipinski definition) is 3. The number of aromatic nitrogens is 3. The number of rotatable bonds is 4. The lowest BCUT2D eigenvalue weighted by Gasteiger charge is -2.21. The number of nitrogens with one attached hydrogen (secondary N) is 1. The van der Waals surface area contributed by atoms with Crippen molar-refractivity contribution in [3.8, 4) is 0 Å². The van der Waals surface area contributed by atoms with Crippen LogP contribution in [0.1, 0.15) is 39.6 Å². The molecular formula is C13H20N4. The zero-order chi connectivity index (χ0) is 12.4. The summed E-state index contributed by atoms with van der Waals surface area (Å²) in [7, 11) is 0. The average Bonchev–Trinajstić information content (AvgIpc) is 2.72. The molecule has 0 aromatic carbocycles. The Balaban J connectivity index is 2.22. The third-order valence-electron chi connectivity index (χ3n) is 3.24. The molecule has 17 heavy (non-hydrogen) atoms.